The molecule has 0 saturated carbocycles. The number of carbonyl (C=O) groups excluding carboxylic acids is 3. The number of rotatable bonds is 8. The predicted molar refractivity (Wildman–Crippen MR) is 88.7 cm³/mol. The monoisotopic (exact) mass is 336 g/mol. The number of nitrogens with one attached hydrogen (secondary N) is 2. The number of hydrogen-bond acceptors (Lipinski definition) is 5. The molecule has 2 amide bonds. The molecule has 1 rings (SSSR count). The van der Waals surface area contributed by atoms with Gasteiger partial charge >= 0.3 is 5.97 Å². The molecule has 0 aliphatic carbocycles. The van der Waals surface area contributed by atoms with Crippen LogP contribution in [0.25, 0.3) is 0 Å². The van der Waals surface area contributed by atoms with Crippen molar-refractivity contribution < 1.29 is 23.9 Å². The maximum atomic E-state index is 11.9. The van der Waals surface area contributed by atoms with Crippen molar-refractivity contribution in [2.75, 3.05) is 20.3 Å². The number of amides is 2. The Bertz CT molecular complexity index is 569. The third-order valence-corrected chi connectivity index (χ3v) is 3.50. The van der Waals surface area contributed by atoms with Gasteiger partial charge in [-0.25, -0.2) is 0 Å². The van der Waals surface area contributed by atoms with Crippen LogP contribution in [0.5, 0.6) is 5.75 Å². The summed E-state index contributed by atoms with van der Waals surface area (Å²) in [6, 6.07) is 6.45. The van der Waals surface area contributed by atoms with Crippen LogP contribution < -0.4 is 15.4 Å². The van der Waals surface area contributed by atoms with E-state index in [1.165, 1.54) is 7.11 Å². The van der Waals surface area contributed by atoms with Gasteiger partial charge in [0.15, 0.2) is 6.61 Å². The normalized spacial score (nSPS) is 11.5. The molecule has 0 heterocycles. The van der Waals surface area contributed by atoms with Crippen LogP contribution in [-0.4, -0.2) is 44.1 Å². The van der Waals surface area contributed by atoms with Crippen LogP contribution in [0, 0.1) is 5.92 Å². The van der Waals surface area contributed by atoms with E-state index in [0.29, 0.717) is 11.3 Å². The lowest BCUT2D eigenvalue weighted by Crippen LogP contribution is -2.39. The van der Waals surface area contributed by atoms with Gasteiger partial charge in [0, 0.05) is 11.6 Å². The average Bonchev–Trinajstić information content (AvgIpc) is 2.57. The zero-order valence-corrected chi connectivity index (χ0v) is 14.4. The summed E-state index contributed by atoms with van der Waals surface area (Å²) < 4.78 is 9.82. The lowest BCUT2D eigenvalue weighted by Gasteiger charge is -2.17. The molecule has 0 radical (unpaired) electrons. The fourth-order valence-electron chi connectivity index (χ4n) is 1.66. The number of ether oxygens (including phenoxy) is 2. The molecule has 0 unspecified atom stereocenters. The van der Waals surface area contributed by atoms with Crippen molar-refractivity contribution in [1.29, 1.82) is 0 Å². The molecule has 1 atom stereocenters. The third-order valence-electron chi connectivity index (χ3n) is 3.50. The highest BCUT2D eigenvalue weighted by Crippen LogP contribution is 2.10. The molecule has 0 spiro atoms. The van der Waals surface area contributed by atoms with Crippen LogP contribution in [0.4, 0.5) is 0 Å². The number of esters is 1. The number of methoxy groups -OCH3 is 1. The lowest BCUT2D eigenvalue weighted by molar-refractivity contribution is -0.147. The minimum Gasteiger partial charge on any atom is -0.497 e. The van der Waals surface area contributed by atoms with E-state index in [-0.39, 0.29) is 31.0 Å². The Morgan fingerprint density at radius 1 is 1.08 bits per heavy atom. The van der Waals surface area contributed by atoms with E-state index in [9.17, 15) is 14.4 Å². The van der Waals surface area contributed by atoms with Gasteiger partial charge in [-0.15, -0.1) is 0 Å². The fourth-order valence-corrected chi connectivity index (χ4v) is 1.66. The Morgan fingerprint density at radius 3 is 2.25 bits per heavy atom. The molecule has 2 N–H and O–H groups in total. The second-order valence-corrected chi connectivity index (χ2v) is 5.67. The highest BCUT2D eigenvalue weighted by Gasteiger charge is 2.13. The second kappa shape index (κ2) is 9.54. The first-order valence-corrected chi connectivity index (χ1v) is 7.70. The predicted octanol–water partition coefficient (Wildman–Crippen LogP) is 1.13. The van der Waals surface area contributed by atoms with Gasteiger partial charge in [0.05, 0.1) is 7.11 Å². The molecule has 1 aromatic rings. The summed E-state index contributed by atoms with van der Waals surface area (Å²) >= 11 is 0. The van der Waals surface area contributed by atoms with E-state index >= 15 is 0 Å². The molecule has 0 bridgehead atoms. The largest absolute Gasteiger partial charge is 0.497 e. The minimum absolute atomic E-state index is 0.00835. The Kier molecular flexibility index (Phi) is 7.74. The van der Waals surface area contributed by atoms with Crippen LogP contribution in [0.3, 0.4) is 0 Å². The molecular weight excluding hydrogens is 312 g/mol. The van der Waals surface area contributed by atoms with E-state index in [0.717, 1.165) is 0 Å². The summed E-state index contributed by atoms with van der Waals surface area (Å²) in [5.41, 5.74) is 0.395. The first kappa shape index (κ1) is 19.5. The highest BCUT2D eigenvalue weighted by molar-refractivity contribution is 5.96. The highest BCUT2D eigenvalue weighted by atomic mass is 16.5. The van der Waals surface area contributed by atoms with E-state index in [1.54, 1.807) is 24.3 Å². The third kappa shape index (κ3) is 6.68. The molecule has 7 nitrogen and oxygen atoms in total. The van der Waals surface area contributed by atoms with Crippen molar-refractivity contribution in [2.24, 2.45) is 5.92 Å². The van der Waals surface area contributed by atoms with Crippen molar-refractivity contribution in [3.63, 3.8) is 0 Å². The van der Waals surface area contributed by atoms with Gasteiger partial charge < -0.3 is 20.1 Å². The average molecular weight is 336 g/mol. The molecule has 0 fully saturated rings. The van der Waals surface area contributed by atoms with E-state index in [2.05, 4.69) is 10.6 Å². The quantitative estimate of drug-likeness (QED) is 0.694. The number of hydrogen-bond donors (Lipinski definition) is 2. The first-order chi connectivity index (χ1) is 11.3. The summed E-state index contributed by atoms with van der Waals surface area (Å²) in [5, 5.41) is 5.15. The van der Waals surface area contributed by atoms with Crippen molar-refractivity contribution in [3.05, 3.63) is 29.8 Å². The Labute approximate surface area is 141 Å². The lowest BCUT2D eigenvalue weighted by atomic mass is 10.1. The van der Waals surface area contributed by atoms with Crippen LogP contribution >= 0.6 is 0 Å². The van der Waals surface area contributed by atoms with Crippen molar-refractivity contribution in [1.82, 2.24) is 10.6 Å². The molecule has 0 aliphatic rings. The zero-order valence-electron chi connectivity index (χ0n) is 14.4. The van der Waals surface area contributed by atoms with Gasteiger partial charge in [0.25, 0.3) is 11.8 Å². The summed E-state index contributed by atoms with van der Waals surface area (Å²) in [6.45, 7) is 5.16. The van der Waals surface area contributed by atoms with Gasteiger partial charge in [0.1, 0.15) is 12.3 Å². The smallest absolute Gasteiger partial charge is 0.325 e. The molecule has 0 saturated heterocycles. The number of carbonyl (C=O) groups is 3. The molecule has 1 aromatic carbocycles. The zero-order chi connectivity index (χ0) is 18.1. The number of benzene rings is 1. The Morgan fingerprint density at radius 2 is 1.71 bits per heavy atom. The van der Waals surface area contributed by atoms with Gasteiger partial charge in [-0.05, 0) is 37.1 Å². The Hall–Kier alpha value is -2.57. The SMILES string of the molecule is COc1ccc(C(=O)NCC(=O)OCC(=O)N[C@@H](C)C(C)C)cc1. The maximum Gasteiger partial charge on any atom is 0.325 e. The van der Waals surface area contributed by atoms with Crippen LogP contribution in [0.1, 0.15) is 31.1 Å². The van der Waals surface area contributed by atoms with Crippen molar-refractivity contribution >= 4 is 17.8 Å². The molecule has 132 valence electrons. The molecule has 7 heteroatoms. The summed E-state index contributed by atoms with van der Waals surface area (Å²) in [7, 11) is 1.53. The molecule has 0 aliphatic heterocycles. The topological polar surface area (TPSA) is 93.7 Å². The van der Waals surface area contributed by atoms with Crippen LogP contribution in [0.2, 0.25) is 0 Å². The van der Waals surface area contributed by atoms with Gasteiger partial charge in [-0.1, -0.05) is 13.8 Å². The van der Waals surface area contributed by atoms with Gasteiger partial charge in [-0.2, -0.15) is 0 Å². The second-order valence-electron chi connectivity index (χ2n) is 5.67. The standard InChI is InChI=1S/C17H24N2O5/c1-11(2)12(3)19-15(20)10-24-16(21)9-18-17(22)13-5-7-14(23-4)8-6-13/h5-8,11-12H,9-10H2,1-4H3,(H,18,22)(H,19,20)/t12-/m0/s1. The van der Waals surface area contributed by atoms with E-state index in [4.69, 9.17) is 9.47 Å². The summed E-state index contributed by atoms with van der Waals surface area (Å²) in [6.07, 6.45) is 0. The van der Waals surface area contributed by atoms with E-state index in [1.807, 2.05) is 20.8 Å². The molecule has 0 aromatic heterocycles. The minimum atomic E-state index is -0.677. The molecule has 24 heavy (non-hydrogen) atoms. The summed E-state index contributed by atoms with van der Waals surface area (Å²) in [5.74, 6) is -0.538. The van der Waals surface area contributed by atoms with Crippen molar-refractivity contribution in [2.45, 2.75) is 26.8 Å². The molecular formula is C17H24N2O5. The van der Waals surface area contributed by atoms with Crippen molar-refractivity contribution in [3.8, 4) is 5.75 Å². The first-order valence-electron chi connectivity index (χ1n) is 7.70. The fraction of sp³-hybridized carbons (Fsp3) is 0.471. The van der Waals surface area contributed by atoms with Gasteiger partial charge in [-0.3, -0.25) is 14.4 Å². The Balaban J connectivity index is 2.32. The van der Waals surface area contributed by atoms with E-state index < -0.39 is 11.9 Å². The summed E-state index contributed by atoms with van der Waals surface area (Å²) in [4.78, 5) is 35.0. The van der Waals surface area contributed by atoms with Gasteiger partial charge in [0.2, 0.25) is 0 Å². The van der Waals surface area contributed by atoms with Crippen LogP contribution in [-0.2, 0) is 14.3 Å². The maximum absolute atomic E-state index is 11.9. The van der Waals surface area contributed by atoms with Crippen LogP contribution in [0.15, 0.2) is 24.3 Å².